The van der Waals surface area contributed by atoms with Gasteiger partial charge in [0.1, 0.15) is 4.88 Å². The second-order valence-electron chi connectivity index (χ2n) is 5.14. The highest BCUT2D eigenvalue weighted by Crippen LogP contribution is 2.34. The van der Waals surface area contributed by atoms with Crippen molar-refractivity contribution in [3.63, 3.8) is 0 Å². The van der Waals surface area contributed by atoms with Crippen molar-refractivity contribution in [2.45, 2.75) is 20.3 Å². The van der Waals surface area contributed by atoms with Crippen LogP contribution >= 0.6 is 27.3 Å². The average molecular weight is 442 g/mol. The highest BCUT2D eigenvalue weighted by atomic mass is 79.9. The van der Waals surface area contributed by atoms with Gasteiger partial charge in [0.25, 0.3) is 0 Å². The molecule has 0 unspecified atom stereocenters. The van der Waals surface area contributed by atoms with Crippen LogP contribution in [0.1, 0.15) is 29.1 Å². The Morgan fingerprint density at radius 1 is 1.15 bits per heavy atom. The third kappa shape index (κ3) is 4.98. The van der Waals surface area contributed by atoms with Crippen LogP contribution in [0.4, 0.5) is 5.69 Å². The largest absolute Gasteiger partial charge is 0.490 e. The molecule has 2 rings (SSSR count). The molecule has 0 saturated heterocycles. The van der Waals surface area contributed by atoms with Crippen molar-refractivity contribution in [2.24, 2.45) is 0 Å². The summed E-state index contributed by atoms with van der Waals surface area (Å²) >= 11 is 4.69. The van der Waals surface area contributed by atoms with E-state index in [1.54, 1.807) is 23.6 Å². The number of hydrogen-bond acceptors (Lipinski definition) is 6. The summed E-state index contributed by atoms with van der Waals surface area (Å²) in [6.07, 6.45) is 0.115. The van der Waals surface area contributed by atoms with Gasteiger partial charge in [0.2, 0.25) is 5.91 Å². The minimum Gasteiger partial charge on any atom is -0.490 e. The fourth-order valence-corrected chi connectivity index (χ4v) is 3.50. The number of anilines is 1. The summed E-state index contributed by atoms with van der Waals surface area (Å²) in [5.74, 6) is 0.486. The van der Waals surface area contributed by atoms with Gasteiger partial charge < -0.3 is 19.5 Å². The summed E-state index contributed by atoms with van der Waals surface area (Å²) in [5, 5.41) is 4.47. The van der Waals surface area contributed by atoms with Crippen LogP contribution in [0.3, 0.4) is 0 Å². The van der Waals surface area contributed by atoms with E-state index in [0.717, 1.165) is 10.0 Å². The van der Waals surface area contributed by atoms with Crippen molar-refractivity contribution in [1.82, 2.24) is 0 Å². The summed E-state index contributed by atoms with van der Waals surface area (Å²) in [5.41, 5.74) is 1.20. The van der Waals surface area contributed by atoms with Crippen LogP contribution in [0.5, 0.6) is 11.5 Å². The summed E-state index contributed by atoms with van der Waals surface area (Å²) in [4.78, 5) is 24.5. The Morgan fingerprint density at radius 3 is 2.42 bits per heavy atom. The highest BCUT2D eigenvalue weighted by molar-refractivity contribution is 9.10. The number of carbonyl (C=O) groups is 2. The van der Waals surface area contributed by atoms with Crippen molar-refractivity contribution in [3.05, 3.63) is 38.5 Å². The molecule has 1 aromatic heterocycles. The van der Waals surface area contributed by atoms with E-state index < -0.39 is 5.97 Å². The number of hydrogen-bond donors (Lipinski definition) is 1. The van der Waals surface area contributed by atoms with Gasteiger partial charge in [0.05, 0.1) is 32.4 Å². The van der Waals surface area contributed by atoms with E-state index >= 15 is 0 Å². The van der Waals surface area contributed by atoms with E-state index in [4.69, 9.17) is 14.2 Å². The molecular formula is C18H20BrNO5S. The summed E-state index contributed by atoms with van der Waals surface area (Å²) in [6, 6.07) is 5.25. The minimum absolute atomic E-state index is 0.115. The molecule has 1 heterocycles. The lowest BCUT2D eigenvalue weighted by Gasteiger charge is -2.14. The van der Waals surface area contributed by atoms with Crippen LogP contribution in [-0.2, 0) is 16.0 Å². The van der Waals surface area contributed by atoms with Crippen molar-refractivity contribution >= 4 is 44.8 Å². The van der Waals surface area contributed by atoms with E-state index in [1.165, 1.54) is 18.4 Å². The smallest absolute Gasteiger partial charge is 0.350 e. The van der Waals surface area contributed by atoms with Crippen molar-refractivity contribution in [2.75, 3.05) is 25.6 Å². The molecule has 0 radical (unpaired) electrons. The second kappa shape index (κ2) is 9.59. The van der Waals surface area contributed by atoms with Gasteiger partial charge >= 0.3 is 5.97 Å². The van der Waals surface area contributed by atoms with Gasteiger partial charge in [0, 0.05) is 4.47 Å². The summed E-state index contributed by atoms with van der Waals surface area (Å²) in [6.45, 7) is 4.78. The number of amides is 1. The Bertz CT molecular complexity index is 790. The summed E-state index contributed by atoms with van der Waals surface area (Å²) < 4.78 is 16.6. The molecule has 0 spiro atoms. The molecule has 0 saturated carbocycles. The molecule has 0 atom stereocenters. The number of rotatable bonds is 8. The van der Waals surface area contributed by atoms with Crippen molar-refractivity contribution in [3.8, 4) is 11.5 Å². The molecule has 1 aromatic carbocycles. The molecule has 2 aromatic rings. The molecule has 140 valence electrons. The minimum atomic E-state index is -0.476. The number of thiophene rings is 1. The third-order valence-corrected chi connectivity index (χ3v) is 5.01. The van der Waals surface area contributed by atoms with Gasteiger partial charge in [-0.15, -0.1) is 11.3 Å². The van der Waals surface area contributed by atoms with Gasteiger partial charge in [0.15, 0.2) is 11.5 Å². The first-order valence-electron chi connectivity index (χ1n) is 8.03. The molecule has 8 heteroatoms. The number of esters is 1. The van der Waals surface area contributed by atoms with E-state index in [2.05, 4.69) is 21.2 Å². The molecule has 0 bridgehead atoms. The van der Waals surface area contributed by atoms with Crippen LogP contribution in [0.25, 0.3) is 0 Å². The normalized spacial score (nSPS) is 10.3. The monoisotopic (exact) mass is 441 g/mol. The van der Waals surface area contributed by atoms with Gasteiger partial charge in [-0.25, -0.2) is 4.79 Å². The number of carbonyl (C=O) groups excluding carboxylic acids is 2. The van der Waals surface area contributed by atoms with Gasteiger partial charge in [-0.2, -0.15) is 0 Å². The molecule has 0 aliphatic heterocycles. The fourth-order valence-electron chi connectivity index (χ4n) is 2.28. The lowest BCUT2D eigenvalue weighted by molar-refractivity contribution is -0.115. The van der Waals surface area contributed by atoms with Crippen LogP contribution in [0.15, 0.2) is 28.1 Å². The number of methoxy groups -OCH3 is 1. The highest BCUT2D eigenvalue weighted by Gasteiger charge is 2.17. The van der Waals surface area contributed by atoms with Gasteiger partial charge in [-0.1, -0.05) is 15.9 Å². The summed E-state index contributed by atoms with van der Waals surface area (Å²) in [7, 11) is 1.31. The molecule has 6 nitrogen and oxygen atoms in total. The first-order chi connectivity index (χ1) is 12.5. The van der Waals surface area contributed by atoms with Crippen LogP contribution in [-0.4, -0.2) is 32.2 Å². The second-order valence-corrected chi connectivity index (χ2v) is 6.91. The van der Waals surface area contributed by atoms with E-state index in [9.17, 15) is 9.59 Å². The standard InChI is InChI=1S/C18H20BrNO5S/c1-4-24-14-8-11(12(19)10-15(14)25-5-2)9-16(21)20-13-6-7-26-17(13)18(22)23-3/h6-8,10H,4-5,9H2,1-3H3,(H,20,21). The predicted molar refractivity (Wildman–Crippen MR) is 104 cm³/mol. The van der Waals surface area contributed by atoms with Crippen LogP contribution in [0.2, 0.25) is 0 Å². The van der Waals surface area contributed by atoms with Gasteiger partial charge in [-0.3, -0.25) is 4.79 Å². The van der Waals surface area contributed by atoms with Gasteiger partial charge in [-0.05, 0) is 43.0 Å². The maximum atomic E-state index is 12.4. The first kappa shape index (κ1) is 20.3. The SMILES string of the molecule is CCOc1cc(Br)c(CC(=O)Nc2ccsc2C(=O)OC)cc1OCC. The van der Waals surface area contributed by atoms with E-state index in [1.807, 2.05) is 13.8 Å². The molecule has 26 heavy (non-hydrogen) atoms. The fraction of sp³-hybridized carbons (Fsp3) is 0.333. The maximum absolute atomic E-state index is 12.4. The Balaban J connectivity index is 2.17. The topological polar surface area (TPSA) is 73.9 Å². The van der Waals surface area contributed by atoms with E-state index in [0.29, 0.717) is 35.3 Å². The average Bonchev–Trinajstić information content (AvgIpc) is 3.06. The van der Waals surface area contributed by atoms with E-state index in [-0.39, 0.29) is 12.3 Å². The van der Waals surface area contributed by atoms with Crippen LogP contribution in [0, 0.1) is 0 Å². The number of halogens is 1. The zero-order valence-electron chi connectivity index (χ0n) is 14.8. The Hall–Kier alpha value is -2.06. The molecule has 0 fully saturated rings. The number of ether oxygens (including phenoxy) is 3. The number of benzene rings is 1. The third-order valence-electron chi connectivity index (χ3n) is 3.37. The molecule has 0 aliphatic carbocycles. The first-order valence-corrected chi connectivity index (χ1v) is 9.71. The van der Waals surface area contributed by atoms with Crippen molar-refractivity contribution in [1.29, 1.82) is 0 Å². The Morgan fingerprint density at radius 2 is 1.81 bits per heavy atom. The Kier molecular flexibility index (Phi) is 7.47. The molecule has 1 N–H and O–H groups in total. The Labute approximate surface area is 164 Å². The molecular weight excluding hydrogens is 422 g/mol. The quantitative estimate of drug-likeness (QED) is 0.618. The zero-order valence-corrected chi connectivity index (χ0v) is 17.2. The molecule has 1 amide bonds. The zero-order chi connectivity index (χ0) is 19.1. The predicted octanol–water partition coefficient (Wildman–Crippen LogP) is 4.28. The lowest BCUT2D eigenvalue weighted by Crippen LogP contribution is -2.16. The van der Waals surface area contributed by atoms with Crippen LogP contribution < -0.4 is 14.8 Å². The molecule has 0 aliphatic rings. The maximum Gasteiger partial charge on any atom is 0.350 e. The van der Waals surface area contributed by atoms with Crippen molar-refractivity contribution < 1.29 is 23.8 Å². The number of nitrogens with one attached hydrogen (secondary N) is 1. The lowest BCUT2D eigenvalue weighted by atomic mass is 10.1.